The van der Waals surface area contributed by atoms with Gasteiger partial charge in [-0.3, -0.25) is 4.79 Å². The Morgan fingerprint density at radius 1 is 1.14 bits per heavy atom. The van der Waals surface area contributed by atoms with Crippen LogP contribution in [0.4, 0.5) is 0 Å². The zero-order valence-electron chi connectivity index (χ0n) is 12.9. The second-order valence-electron chi connectivity index (χ2n) is 5.62. The Hall–Kier alpha value is -2.29. The maximum atomic E-state index is 12.3. The molecule has 0 fully saturated rings. The molecule has 0 aliphatic carbocycles. The highest BCUT2D eigenvalue weighted by molar-refractivity contribution is 5.78. The van der Waals surface area contributed by atoms with Gasteiger partial charge in [0.05, 0.1) is 0 Å². The minimum absolute atomic E-state index is 0.0522. The molecule has 0 spiro atoms. The molecule has 1 heterocycles. The van der Waals surface area contributed by atoms with Crippen molar-refractivity contribution in [2.45, 2.75) is 26.3 Å². The summed E-state index contributed by atoms with van der Waals surface area (Å²) in [5.41, 5.74) is 3.81. The van der Waals surface area contributed by atoms with Gasteiger partial charge in [-0.05, 0) is 41.7 Å². The summed E-state index contributed by atoms with van der Waals surface area (Å²) in [6.07, 6.45) is 1.89. The lowest BCUT2D eigenvalue weighted by atomic mass is 10.00. The highest BCUT2D eigenvalue weighted by Gasteiger charge is 2.20. The molecule has 114 valence electrons. The molecule has 0 saturated heterocycles. The Labute approximate surface area is 131 Å². The minimum Gasteiger partial charge on any atom is -0.484 e. The van der Waals surface area contributed by atoms with Gasteiger partial charge < -0.3 is 9.64 Å². The normalized spacial score (nSPS) is 13.6. The molecule has 3 nitrogen and oxygen atoms in total. The van der Waals surface area contributed by atoms with Crippen molar-refractivity contribution in [1.82, 2.24) is 4.90 Å². The Bertz CT molecular complexity index is 666. The van der Waals surface area contributed by atoms with Crippen LogP contribution in [-0.4, -0.2) is 24.0 Å². The van der Waals surface area contributed by atoms with Crippen LogP contribution in [0.25, 0.3) is 0 Å². The lowest BCUT2D eigenvalue weighted by Crippen LogP contribution is -2.38. The van der Waals surface area contributed by atoms with Gasteiger partial charge in [-0.15, -0.1) is 0 Å². The van der Waals surface area contributed by atoms with E-state index in [0.717, 1.165) is 25.1 Å². The predicted molar refractivity (Wildman–Crippen MR) is 86.9 cm³/mol. The summed E-state index contributed by atoms with van der Waals surface area (Å²) in [6, 6.07) is 16.3. The molecule has 0 bridgehead atoms. The highest BCUT2D eigenvalue weighted by atomic mass is 16.5. The van der Waals surface area contributed by atoms with Gasteiger partial charge in [-0.2, -0.15) is 0 Å². The van der Waals surface area contributed by atoms with Crippen LogP contribution in [0, 0.1) is 0 Å². The summed E-state index contributed by atoms with van der Waals surface area (Å²) in [5, 5.41) is 0. The molecule has 0 aromatic heterocycles. The molecule has 0 radical (unpaired) electrons. The first-order valence-corrected chi connectivity index (χ1v) is 7.82. The minimum atomic E-state index is 0.0522. The van der Waals surface area contributed by atoms with Crippen molar-refractivity contribution in [3.05, 3.63) is 65.2 Å². The molecule has 3 heteroatoms. The predicted octanol–water partition coefficient (Wildman–Crippen LogP) is 3.21. The molecule has 1 amide bonds. The largest absolute Gasteiger partial charge is 0.484 e. The molecule has 2 aromatic rings. The standard InChI is InChI=1S/C19H21NO2/c1-2-15-6-5-9-18(12-15)22-14-19(21)20-11-10-16-7-3-4-8-17(16)13-20/h3-9,12H,2,10-11,13-14H2,1H3. The Morgan fingerprint density at radius 3 is 2.77 bits per heavy atom. The van der Waals surface area contributed by atoms with Gasteiger partial charge in [0.1, 0.15) is 5.75 Å². The van der Waals surface area contributed by atoms with Gasteiger partial charge in [-0.25, -0.2) is 0 Å². The third-order valence-corrected chi connectivity index (χ3v) is 4.15. The van der Waals surface area contributed by atoms with Gasteiger partial charge in [0.2, 0.25) is 0 Å². The number of carbonyl (C=O) groups is 1. The van der Waals surface area contributed by atoms with Crippen molar-refractivity contribution in [3.63, 3.8) is 0 Å². The molecule has 1 aliphatic rings. The van der Waals surface area contributed by atoms with Crippen LogP contribution in [0.2, 0.25) is 0 Å². The van der Waals surface area contributed by atoms with Crippen LogP contribution in [0.5, 0.6) is 5.75 Å². The summed E-state index contributed by atoms with van der Waals surface area (Å²) >= 11 is 0. The van der Waals surface area contributed by atoms with E-state index in [1.807, 2.05) is 29.2 Å². The topological polar surface area (TPSA) is 29.5 Å². The summed E-state index contributed by atoms with van der Waals surface area (Å²) in [6.45, 7) is 3.67. The van der Waals surface area contributed by atoms with Crippen molar-refractivity contribution in [2.75, 3.05) is 13.2 Å². The number of carbonyl (C=O) groups excluding carboxylic acids is 1. The average molecular weight is 295 g/mol. The first-order valence-electron chi connectivity index (χ1n) is 7.82. The zero-order valence-corrected chi connectivity index (χ0v) is 12.9. The van der Waals surface area contributed by atoms with Crippen molar-refractivity contribution < 1.29 is 9.53 Å². The fraction of sp³-hybridized carbons (Fsp3) is 0.316. The van der Waals surface area contributed by atoms with Crippen molar-refractivity contribution in [3.8, 4) is 5.75 Å². The fourth-order valence-corrected chi connectivity index (χ4v) is 2.80. The van der Waals surface area contributed by atoms with E-state index in [4.69, 9.17) is 4.74 Å². The van der Waals surface area contributed by atoms with E-state index in [0.29, 0.717) is 6.54 Å². The third-order valence-electron chi connectivity index (χ3n) is 4.15. The zero-order chi connectivity index (χ0) is 15.4. The van der Waals surface area contributed by atoms with E-state index < -0.39 is 0 Å². The van der Waals surface area contributed by atoms with E-state index >= 15 is 0 Å². The summed E-state index contributed by atoms with van der Waals surface area (Å²) in [4.78, 5) is 14.2. The number of rotatable bonds is 4. The summed E-state index contributed by atoms with van der Waals surface area (Å²) < 4.78 is 5.66. The second kappa shape index (κ2) is 6.65. The second-order valence-corrected chi connectivity index (χ2v) is 5.62. The lowest BCUT2D eigenvalue weighted by Gasteiger charge is -2.28. The molecule has 2 aromatic carbocycles. The molecule has 0 N–H and O–H groups in total. The number of benzene rings is 2. The van der Waals surface area contributed by atoms with Gasteiger partial charge in [0.25, 0.3) is 5.91 Å². The van der Waals surface area contributed by atoms with Crippen LogP contribution < -0.4 is 4.74 Å². The van der Waals surface area contributed by atoms with Crippen LogP contribution >= 0.6 is 0 Å². The SMILES string of the molecule is CCc1cccc(OCC(=O)N2CCc3ccccc3C2)c1. The molecular weight excluding hydrogens is 274 g/mol. The fourth-order valence-electron chi connectivity index (χ4n) is 2.80. The quantitative estimate of drug-likeness (QED) is 0.867. The number of hydrogen-bond acceptors (Lipinski definition) is 2. The van der Waals surface area contributed by atoms with Crippen LogP contribution in [-0.2, 0) is 24.2 Å². The number of amides is 1. The molecule has 22 heavy (non-hydrogen) atoms. The Morgan fingerprint density at radius 2 is 1.95 bits per heavy atom. The number of ether oxygens (including phenoxy) is 1. The molecule has 0 unspecified atom stereocenters. The van der Waals surface area contributed by atoms with E-state index in [1.54, 1.807) is 0 Å². The third kappa shape index (κ3) is 3.30. The maximum Gasteiger partial charge on any atom is 0.260 e. The van der Waals surface area contributed by atoms with Gasteiger partial charge in [0, 0.05) is 13.1 Å². The van der Waals surface area contributed by atoms with E-state index in [1.165, 1.54) is 16.7 Å². The Balaban J connectivity index is 1.59. The highest BCUT2D eigenvalue weighted by Crippen LogP contribution is 2.19. The van der Waals surface area contributed by atoms with Crippen LogP contribution in [0.1, 0.15) is 23.6 Å². The lowest BCUT2D eigenvalue weighted by molar-refractivity contribution is -0.134. The number of hydrogen-bond donors (Lipinski definition) is 0. The first kappa shape index (κ1) is 14.6. The number of fused-ring (bicyclic) bond motifs is 1. The van der Waals surface area contributed by atoms with E-state index in [2.05, 4.69) is 31.2 Å². The average Bonchev–Trinajstić information content (AvgIpc) is 2.59. The molecular formula is C19H21NO2. The van der Waals surface area contributed by atoms with Crippen LogP contribution in [0.15, 0.2) is 48.5 Å². The number of aryl methyl sites for hydroxylation is 1. The smallest absolute Gasteiger partial charge is 0.260 e. The monoisotopic (exact) mass is 295 g/mol. The Kier molecular flexibility index (Phi) is 4.42. The van der Waals surface area contributed by atoms with Gasteiger partial charge in [-0.1, -0.05) is 43.3 Å². The van der Waals surface area contributed by atoms with Crippen LogP contribution in [0.3, 0.4) is 0 Å². The number of nitrogens with zero attached hydrogens (tertiary/aromatic N) is 1. The van der Waals surface area contributed by atoms with Crippen molar-refractivity contribution in [1.29, 1.82) is 0 Å². The molecule has 3 rings (SSSR count). The van der Waals surface area contributed by atoms with E-state index in [9.17, 15) is 4.79 Å². The first-order chi connectivity index (χ1) is 10.8. The van der Waals surface area contributed by atoms with Crippen molar-refractivity contribution >= 4 is 5.91 Å². The molecule has 0 saturated carbocycles. The molecule has 0 atom stereocenters. The van der Waals surface area contributed by atoms with Gasteiger partial charge >= 0.3 is 0 Å². The maximum absolute atomic E-state index is 12.3. The van der Waals surface area contributed by atoms with Crippen molar-refractivity contribution in [2.24, 2.45) is 0 Å². The summed E-state index contributed by atoms with van der Waals surface area (Å²) in [5.74, 6) is 0.821. The summed E-state index contributed by atoms with van der Waals surface area (Å²) in [7, 11) is 0. The van der Waals surface area contributed by atoms with Gasteiger partial charge in [0.15, 0.2) is 6.61 Å². The van der Waals surface area contributed by atoms with E-state index in [-0.39, 0.29) is 12.5 Å². The molecule has 1 aliphatic heterocycles.